The number of halogens is 2. The van der Waals surface area contributed by atoms with E-state index in [0.29, 0.717) is 16.9 Å². The van der Waals surface area contributed by atoms with Crippen molar-refractivity contribution in [3.05, 3.63) is 70.6 Å². The Kier molecular flexibility index (Phi) is 5.94. The number of hydrogen-bond donors (Lipinski definition) is 1. The van der Waals surface area contributed by atoms with E-state index in [1.807, 2.05) is 0 Å². The second-order valence-corrected chi connectivity index (χ2v) is 8.68. The molecule has 0 unspecified atom stereocenters. The molecule has 0 aliphatic carbocycles. The van der Waals surface area contributed by atoms with E-state index in [2.05, 4.69) is 10.1 Å². The molecule has 0 amide bonds. The number of hydrogen-bond acceptors (Lipinski definition) is 6. The zero-order valence-electron chi connectivity index (χ0n) is 16.2. The molecule has 0 spiro atoms. The number of nitrogens with two attached hydrogens (primary N) is 1. The lowest BCUT2D eigenvalue weighted by atomic mass is 10.1. The fourth-order valence-corrected chi connectivity index (χ4v) is 3.49. The molecule has 2 N–H and O–H groups in total. The minimum absolute atomic E-state index is 0.204. The van der Waals surface area contributed by atoms with Gasteiger partial charge in [0.15, 0.2) is 9.84 Å². The van der Waals surface area contributed by atoms with Crippen LogP contribution in [0.4, 0.5) is 8.78 Å². The maximum absolute atomic E-state index is 12.8. The van der Waals surface area contributed by atoms with Gasteiger partial charge in [-0.3, -0.25) is 4.98 Å². The Morgan fingerprint density at radius 3 is 2.40 bits per heavy atom. The van der Waals surface area contributed by atoms with Gasteiger partial charge in [-0.2, -0.15) is 13.9 Å². The SMILES string of the molecule is Cc1cc(-n2cnn(CC(CN)=C(F)F)c2=O)cnc1-c1ccc(S(C)(=O)=O)cc1. The first-order valence-electron chi connectivity index (χ1n) is 8.77. The fourth-order valence-electron chi connectivity index (χ4n) is 2.86. The van der Waals surface area contributed by atoms with Crippen molar-refractivity contribution < 1.29 is 17.2 Å². The highest BCUT2D eigenvalue weighted by molar-refractivity contribution is 7.90. The van der Waals surface area contributed by atoms with Crippen molar-refractivity contribution in [3.63, 3.8) is 0 Å². The average Bonchev–Trinajstić information content (AvgIpc) is 3.05. The zero-order chi connectivity index (χ0) is 22.1. The number of aryl methyl sites for hydroxylation is 1. The molecular weight excluding hydrogens is 416 g/mol. The van der Waals surface area contributed by atoms with E-state index in [0.717, 1.165) is 16.5 Å². The van der Waals surface area contributed by atoms with Crippen molar-refractivity contribution in [3.8, 4) is 16.9 Å². The summed E-state index contributed by atoms with van der Waals surface area (Å²) in [6.07, 6.45) is 1.88. The van der Waals surface area contributed by atoms with E-state index in [1.54, 1.807) is 25.1 Å². The smallest absolute Gasteiger partial charge is 0.327 e. The van der Waals surface area contributed by atoms with Crippen LogP contribution in [-0.2, 0) is 16.4 Å². The molecule has 3 aromatic rings. The lowest BCUT2D eigenvalue weighted by molar-refractivity contribution is 0.400. The monoisotopic (exact) mass is 435 g/mol. The molecule has 0 bridgehead atoms. The normalized spacial score (nSPS) is 11.5. The Morgan fingerprint density at radius 1 is 1.20 bits per heavy atom. The van der Waals surface area contributed by atoms with Crippen LogP contribution in [-0.4, -0.2) is 40.5 Å². The third kappa shape index (κ3) is 4.36. The van der Waals surface area contributed by atoms with Crippen LogP contribution < -0.4 is 11.4 Å². The van der Waals surface area contributed by atoms with Crippen LogP contribution in [0.2, 0.25) is 0 Å². The molecule has 3 rings (SSSR count). The Bertz CT molecular complexity index is 1270. The third-order valence-corrected chi connectivity index (χ3v) is 5.61. The van der Waals surface area contributed by atoms with Crippen LogP contribution in [0.1, 0.15) is 5.56 Å². The molecule has 1 aromatic carbocycles. The van der Waals surface area contributed by atoms with Crippen LogP contribution >= 0.6 is 0 Å². The minimum atomic E-state index is -3.30. The molecule has 8 nitrogen and oxygen atoms in total. The lowest BCUT2D eigenvalue weighted by Crippen LogP contribution is -2.26. The molecular formula is C19H19F2N5O3S. The Labute approximate surface area is 171 Å². The molecule has 0 saturated carbocycles. The molecule has 0 radical (unpaired) electrons. The lowest BCUT2D eigenvalue weighted by Gasteiger charge is -2.08. The summed E-state index contributed by atoms with van der Waals surface area (Å²) in [6.45, 7) is 1.01. The summed E-state index contributed by atoms with van der Waals surface area (Å²) in [5.74, 6) is 0. The number of pyridine rings is 1. The first kappa shape index (κ1) is 21.5. The Hall–Kier alpha value is -3.18. The van der Waals surface area contributed by atoms with Crippen molar-refractivity contribution in [2.75, 3.05) is 12.8 Å². The summed E-state index contributed by atoms with van der Waals surface area (Å²) < 4.78 is 50.9. The van der Waals surface area contributed by atoms with Crippen molar-refractivity contribution in [1.82, 2.24) is 19.3 Å². The highest BCUT2D eigenvalue weighted by Crippen LogP contribution is 2.24. The topological polar surface area (TPSA) is 113 Å². The molecule has 0 atom stereocenters. The first-order valence-corrected chi connectivity index (χ1v) is 10.7. The maximum Gasteiger partial charge on any atom is 0.350 e. The summed E-state index contributed by atoms with van der Waals surface area (Å²) >= 11 is 0. The molecule has 11 heteroatoms. The number of aromatic nitrogens is 4. The van der Waals surface area contributed by atoms with Crippen molar-refractivity contribution in [2.24, 2.45) is 5.73 Å². The van der Waals surface area contributed by atoms with Gasteiger partial charge in [0.1, 0.15) is 6.33 Å². The molecule has 158 valence electrons. The van der Waals surface area contributed by atoms with E-state index >= 15 is 0 Å². The third-order valence-electron chi connectivity index (χ3n) is 4.49. The Morgan fingerprint density at radius 2 is 1.87 bits per heavy atom. The van der Waals surface area contributed by atoms with E-state index in [-0.39, 0.29) is 17.0 Å². The first-order chi connectivity index (χ1) is 14.1. The summed E-state index contributed by atoms with van der Waals surface area (Å²) in [6, 6.07) is 8.01. The van der Waals surface area contributed by atoms with E-state index in [4.69, 9.17) is 5.73 Å². The summed E-state index contributed by atoms with van der Waals surface area (Å²) in [7, 11) is -3.30. The van der Waals surface area contributed by atoms with Gasteiger partial charge < -0.3 is 5.73 Å². The van der Waals surface area contributed by atoms with E-state index in [1.165, 1.54) is 29.2 Å². The largest absolute Gasteiger partial charge is 0.350 e. The highest BCUT2D eigenvalue weighted by Gasteiger charge is 2.14. The van der Waals surface area contributed by atoms with Crippen molar-refractivity contribution in [2.45, 2.75) is 18.4 Å². The van der Waals surface area contributed by atoms with Gasteiger partial charge in [0.05, 0.1) is 29.0 Å². The summed E-state index contributed by atoms with van der Waals surface area (Å²) in [4.78, 5) is 17.1. The quantitative estimate of drug-likeness (QED) is 0.633. The zero-order valence-corrected chi connectivity index (χ0v) is 17.0. The predicted octanol–water partition coefficient (Wildman–Crippen LogP) is 1.92. The second kappa shape index (κ2) is 8.28. The van der Waals surface area contributed by atoms with Gasteiger partial charge in [0.2, 0.25) is 0 Å². The van der Waals surface area contributed by atoms with Gasteiger partial charge in [-0.25, -0.2) is 22.5 Å². The van der Waals surface area contributed by atoms with Gasteiger partial charge in [0, 0.05) is 23.9 Å². The number of benzene rings is 1. The fraction of sp³-hybridized carbons (Fsp3) is 0.211. The Balaban J connectivity index is 1.93. The molecule has 0 saturated heterocycles. The molecule has 2 heterocycles. The molecule has 0 fully saturated rings. The van der Waals surface area contributed by atoms with Crippen LogP contribution in [0, 0.1) is 6.92 Å². The number of sulfone groups is 1. The van der Waals surface area contributed by atoms with Gasteiger partial charge in [-0.1, -0.05) is 12.1 Å². The van der Waals surface area contributed by atoms with Gasteiger partial charge in [0.25, 0.3) is 6.08 Å². The van der Waals surface area contributed by atoms with Crippen molar-refractivity contribution >= 4 is 9.84 Å². The summed E-state index contributed by atoms with van der Waals surface area (Å²) in [5.41, 5.74) is 6.79. The van der Waals surface area contributed by atoms with E-state index in [9.17, 15) is 22.0 Å². The van der Waals surface area contributed by atoms with Gasteiger partial charge in [-0.05, 0) is 30.7 Å². The standard InChI is InChI=1S/C19H19F2N5O3S/c1-12-7-15(25-11-24-26(19(25)27)10-14(8-22)18(20)21)9-23-17(12)13-3-5-16(6-4-13)30(2,28)29/h3-7,9,11H,8,10,22H2,1-2H3. The second-order valence-electron chi connectivity index (χ2n) is 6.66. The van der Waals surface area contributed by atoms with E-state index < -0.39 is 28.2 Å². The number of nitrogens with zero attached hydrogens (tertiary/aromatic N) is 4. The molecule has 0 aliphatic rings. The van der Waals surface area contributed by atoms with Gasteiger partial charge in [-0.15, -0.1) is 0 Å². The maximum atomic E-state index is 12.8. The van der Waals surface area contributed by atoms with Crippen molar-refractivity contribution in [1.29, 1.82) is 0 Å². The predicted molar refractivity (Wildman–Crippen MR) is 107 cm³/mol. The van der Waals surface area contributed by atoms with Crippen LogP contribution in [0.3, 0.4) is 0 Å². The molecule has 2 aromatic heterocycles. The average molecular weight is 435 g/mol. The highest BCUT2D eigenvalue weighted by atomic mass is 32.2. The molecule has 30 heavy (non-hydrogen) atoms. The van der Waals surface area contributed by atoms with Crippen LogP contribution in [0.25, 0.3) is 16.9 Å². The molecule has 0 aliphatic heterocycles. The minimum Gasteiger partial charge on any atom is -0.327 e. The summed E-state index contributed by atoms with van der Waals surface area (Å²) in [5, 5.41) is 3.86. The number of rotatable bonds is 6. The van der Waals surface area contributed by atoms with Crippen LogP contribution in [0.5, 0.6) is 0 Å². The van der Waals surface area contributed by atoms with Crippen LogP contribution in [0.15, 0.2) is 64.2 Å². The van der Waals surface area contributed by atoms with Gasteiger partial charge >= 0.3 is 5.69 Å².